The van der Waals surface area contributed by atoms with E-state index in [0.717, 1.165) is 5.56 Å². The molecule has 0 heterocycles. The highest BCUT2D eigenvalue weighted by Gasteiger charge is 2.14. The van der Waals surface area contributed by atoms with Crippen LogP contribution >= 0.6 is 0 Å². The summed E-state index contributed by atoms with van der Waals surface area (Å²) in [6.45, 7) is 3.94. The second-order valence-corrected chi connectivity index (χ2v) is 6.03. The van der Waals surface area contributed by atoms with E-state index < -0.39 is 16.0 Å². The van der Waals surface area contributed by atoms with E-state index >= 15 is 0 Å². The molecular weight excluding hydrogens is 254 g/mol. The summed E-state index contributed by atoms with van der Waals surface area (Å²) in [7, 11) is -3.61. The lowest BCUT2D eigenvalue weighted by molar-refractivity contribution is -0.136. The zero-order valence-corrected chi connectivity index (χ0v) is 11.2. The fraction of sp³-hybridized carbons (Fsp3) is 0.417. The number of rotatable bonds is 6. The third-order valence-corrected chi connectivity index (χ3v) is 3.96. The Labute approximate surface area is 107 Å². The number of aliphatic carboxylic acids is 1. The van der Waals surface area contributed by atoms with Gasteiger partial charge < -0.3 is 5.11 Å². The van der Waals surface area contributed by atoms with Gasteiger partial charge in [0.05, 0.1) is 11.3 Å². The molecule has 6 heteroatoms. The lowest BCUT2D eigenvalue weighted by Crippen LogP contribution is -2.26. The molecule has 100 valence electrons. The van der Waals surface area contributed by atoms with Gasteiger partial charge in [0.1, 0.15) is 0 Å². The average Bonchev–Trinajstić information content (AvgIpc) is 2.28. The maximum absolute atomic E-state index is 11.8. The lowest BCUT2D eigenvalue weighted by Gasteiger charge is -2.08. The quantitative estimate of drug-likeness (QED) is 0.822. The van der Waals surface area contributed by atoms with E-state index in [1.54, 1.807) is 12.1 Å². The van der Waals surface area contributed by atoms with Crippen LogP contribution in [0.2, 0.25) is 0 Å². The Morgan fingerprint density at radius 3 is 2.28 bits per heavy atom. The topological polar surface area (TPSA) is 83.5 Å². The fourth-order valence-corrected chi connectivity index (χ4v) is 2.44. The van der Waals surface area contributed by atoms with Crippen LogP contribution in [0.4, 0.5) is 0 Å². The van der Waals surface area contributed by atoms with Crippen LogP contribution in [0.5, 0.6) is 0 Å². The normalized spacial score (nSPS) is 11.7. The molecule has 0 aliphatic rings. The van der Waals surface area contributed by atoms with Crippen molar-refractivity contribution in [3.05, 3.63) is 29.8 Å². The monoisotopic (exact) mass is 271 g/mol. The van der Waals surface area contributed by atoms with Crippen molar-refractivity contribution in [3.63, 3.8) is 0 Å². The van der Waals surface area contributed by atoms with Crippen molar-refractivity contribution >= 4 is 16.0 Å². The molecule has 0 unspecified atom stereocenters. The molecule has 0 spiro atoms. The van der Waals surface area contributed by atoms with Gasteiger partial charge in [0.15, 0.2) is 0 Å². The first-order valence-corrected chi connectivity index (χ1v) is 7.12. The van der Waals surface area contributed by atoms with Crippen LogP contribution in [0.3, 0.4) is 0 Å². The van der Waals surface area contributed by atoms with E-state index in [1.165, 1.54) is 12.1 Å². The van der Waals surface area contributed by atoms with Crippen molar-refractivity contribution in [2.24, 2.45) is 0 Å². The number of hydrogen-bond donors (Lipinski definition) is 2. The van der Waals surface area contributed by atoms with Gasteiger partial charge in [-0.15, -0.1) is 0 Å². The largest absolute Gasteiger partial charge is 0.481 e. The van der Waals surface area contributed by atoms with Crippen LogP contribution in [-0.2, 0) is 14.8 Å². The summed E-state index contributed by atoms with van der Waals surface area (Å²) in [4.78, 5) is 10.5. The molecule has 0 aliphatic heterocycles. The SMILES string of the molecule is CC(C)c1ccc(S(=O)(=O)NCCC(=O)O)cc1. The van der Waals surface area contributed by atoms with E-state index in [2.05, 4.69) is 4.72 Å². The summed E-state index contributed by atoms with van der Waals surface area (Å²) < 4.78 is 25.8. The Morgan fingerprint density at radius 1 is 1.28 bits per heavy atom. The Hall–Kier alpha value is -1.40. The molecule has 1 aromatic rings. The summed E-state index contributed by atoms with van der Waals surface area (Å²) in [5.41, 5.74) is 1.06. The summed E-state index contributed by atoms with van der Waals surface area (Å²) in [5, 5.41) is 8.44. The van der Waals surface area contributed by atoms with Crippen LogP contribution in [0.15, 0.2) is 29.2 Å². The summed E-state index contributed by atoms with van der Waals surface area (Å²) in [5.74, 6) is -0.699. The number of carbonyl (C=O) groups is 1. The van der Waals surface area contributed by atoms with Crippen LogP contribution in [0, 0.1) is 0 Å². The molecule has 0 bridgehead atoms. The Bertz CT molecular complexity index is 505. The smallest absolute Gasteiger partial charge is 0.304 e. The van der Waals surface area contributed by atoms with Gasteiger partial charge in [0.2, 0.25) is 10.0 Å². The highest BCUT2D eigenvalue weighted by Crippen LogP contribution is 2.17. The van der Waals surface area contributed by atoms with Crippen molar-refractivity contribution < 1.29 is 18.3 Å². The maximum atomic E-state index is 11.8. The van der Waals surface area contributed by atoms with Gasteiger partial charge in [0.25, 0.3) is 0 Å². The van der Waals surface area contributed by atoms with Gasteiger partial charge in [-0.05, 0) is 23.6 Å². The first-order chi connectivity index (χ1) is 8.33. The minimum atomic E-state index is -3.61. The Balaban J connectivity index is 2.76. The third-order valence-electron chi connectivity index (χ3n) is 2.49. The predicted molar refractivity (Wildman–Crippen MR) is 68.0 cm³/mol. The minimum absolute atomic E-state index is 0.108. The van der Waals surface area contributed by atoms with Crippen LogP contribution in [-0.4, -0.2) is 26.0 Å². The Morgan fingerprint density at radius 2 is 1.83 bits per heavy atom. The molecule has 0 radical (unpaired) electrons. The van der Waals surface area contributed by atoms with E-state index in [1.807, 2.05) is 13.8 Å². The van der Waals surface area contributed by atoms with Crippen molar-refractivity contribution in [1.29, 1.82) is 0 Å². The van der Waals surface area contributed by atoms with Crippen molar-refractivity contribution in [2.75, 3.05) is 6.54 Å². The average molecular weight is 271 g/mol. The standard InChI is InChI=1S/C12H17NO4S/c1-9(2)10-3-5-11(6-4-10)18(16,17)13-8-7-12(14)15/h3-6,9,13H,7-8H2,1-2H3,(H,14,15). The zero-order valence-electron chi connectivity index (χ0n) is 10.4. The van der Waals surface area contributed by atoms with Gasteiger partial charge in [-0.3, -0.25) is 4.79 Å². The molecule has 18 heavy (non-hydrogen) atoms. The molecule has 0 atom stereocenters. The molecule has 0 amide bonds. The first kappa shape index (κ1) is 14.7. The Kier molecular flexibility index (Phi) is 4.86. The van der Waals surface area contributed by atoms with E-state index in [9.17, 15) is 13.2 Å². The number of hydrogen-bond acceptors (Lipinski definition) is 3. The molecule has 0 saturated heterocycles. The van der Waals surface area contributed by atoms with Crippen molar-refractivity contribution in [1.82, 2.24) is 4.72 Å². The van der Waals surface area contributed by atoms with Crippen LogP contribution < -0.4 is 4.72 Å². The fourth-order valence-electron chi connectivity index (χ4n) is 1.41. The third kappa shape index (κ3) is 4.12. The molecule has 1 rings (SSSR count). The number of sulfonamides is 1. The highest BCUT2D eigenvalue weighted by atomic mass is 32.2. The van der Waals surface area contributed by atoms with E-state index in [-0.39, 0.29) is 17.9 Å². The van der Waals surface area contributed by atoms with Gasteiger partial charge >= 0.3 is 5.97 Å². The van der Waals surface area contributed by atoms with Crippen LogP contribution in [0.1, 0.15) is 31.7 Å². The molecule has 0 aliphatic carbocycles. The highest BCUT2D eigenvalue weighted by molar-refractivity contribution is 7.89. The number of carboxylic acids is 1. The minimum Gasteiger partial charge on any atom is -0.481 e. The van der Waals surface area contributed by atoms with Crippen molar-refractivity contribution in [3.8, 4) is 0 Å². The summed E-state index contributed by atoms with van der Waals surface area (Å²) in [6.07, 6.45) is -0.233. The molecule has 0 fully saturated rings. The van der Waals surface area contributed by atoms with Gasteiger partial charge in [-0.1, -0.05) is 26.0 Å². The summed E-state index contributed by atoms with van der Waals surface area (Å²) >= 11 is 0. The van der Waals surface area contributed by atoms with Gasteiger partial charge in [-0.25, -0.2) is 13.1 Å². The number of nitrogens with one attached hydrogen (secondary N) is 1. The molecule has 0 saturated carbocycles. The second kappa shape index (κ2) is 5.97. The van der Waals surface area contributed by atoms with E-state index in [0.29, 0.717) is 5.92 Å². The summed E-state index contributed by atoms with van der Waals surface area (Å²) in [6, 6.07) is 6.57. The molecular formula is C12H17NO4S. The maximum Gasteiger partial charge on any atom is 0.304 e. The van der Waals surface area contributed by atoms with Gasteiger partial charge in [0, 0.05) is 6.54 Å². The lowest BCUT2D eigenvalue weighted by atomic mass is 10.0. The molecule has 1 aromatic carbocycles. The van der Waals surface area contributed by atoms with Crippen molar-refractivity contribution in [2.45, 2.75) is 31.1 Å². The zero-order chi connectivity index (χ0) is 13.8. The molecule has 5 nitrogen and oxygen atoms in total. The van der Waals surface area contributed by atoms with E-state index in [4.69, 9.17) is 5.11 Å². The molecule has 0 aromatic heterocycles. The second-order valence-electron chi connectivity index (χ2n) is 4.27. The van der Waals surface area contributed by atoms with Crippen LogP contribution in [0.25, 0.3) is 0 Å². The first-order valence-electron chi connectivity index (χ1n) is 5.64. The number of carboxylic acid groups (broad SMARTS) is 1. The predicted octanol–water partition coefficient (Wildman–Crippen LogP) is 1.56. The molecule has 2 N–H and O–H groups in total. The number of benzene rings is 1. The van der Waals surface area contributed by atoms with Gasteiger partial charge in [-0.2, -0.15) is 0 Å².